The van der Waals surface area contributed by atoms with Crippen LogP contribution in [-0.2, 0) is 11.2 Å². The van der Waals surface area contributed by atoms with Crippen LogP contribution in [0, 0.1) is 10.1 Å². The monoisotopic (exact) mass is 247 g/mol. The summed E-state index contributed by atoms with van der Waals surface area (Å²) in [6, 6.07) is 0. The summed E-state index contributed by atoms with van der Waals surface area (Å²) in [5.74, 6) is -1.41. The van der Waals surface area contributed by atoms with Gasteiger partial charge in [-0.15, -0.1) is 0 Å². The zero-order valence-electron chi connectivity index (χ0n) is 8.26. The number of nitrogens with two attached hydrogens (primary N) is 1. The maximum Gasteiger partial charge on any atom is 0.308 e. The number of hydrogen-bond acceptors (Lipinski definition) is 5. The lowest BCUT2D eigenvalue weighted by molar-refractivity contribution is -0.385. The average molecular weight is 247 g/mol. The molecule has 9 heteroatoms. The molecule has 0 bridgehead atoms. The van der Waals surface area contributed by atoms with Crippen molar-refractivity contribution in [1.29, 1.82) is 0 Å². The van der Waals surface area contributed by atoms with Gasteiger partial charge in [0, 0.05) is 0 Å². The van der Waals surface area contributed by atoms with Crippen LogP contribution < -0.4 is 5.73 Å². The first-order valence-corrected chi connectivity index (χ1v) is 4.26. The first-order valence-electron chi connectivity index (χ1n) is 4.26. The minimum absolute atomic E-state index is 0.465. The molecule has 0 saturated carbocycles. The van der Waals surface area contributed by atoms with Gasteiger partial charge in [-0.05, 0) is 0 Å². The Morgan fingerprint density at radius 2 is 2.24 bits per heavy atom. The predicted octanol–water partition coefficient (Wildman–Crippen LogP) is 1.14. The van der Waals surface area contributed by atoms with Gasteiger partial charge in [0.15, 0.2) is 0 Å². The highest BCUT2D eigenvalue weighted by molar-refractivity contribution is 5.76. The molecule has 3 N–H and O–H groups in total. The highest BCUT2D eigenvalue weighted by atomic mass is 19.3. The number of carboxylic acids is 1. The van der Waals surface area contributed by atoms with Gasteiger partial charge in [0.1, 0.15) is 11.9 Å². The number of anilines is 1. The van der Waals surface area contributed by atoms with Gasteiger partial charge >= 0.3 is 5.97 Å². The number of aliphatic carboxylic acids is 1. The standard InChI is InChI=1S/C8H7F2N3O4/c9-8(10)7-6(11)3(1-5(14)15)4(2-12-7)13(16)17/h2,8H,1,11H2,(H,14,15). The molecular weight excluding hydrogens is 240 g/mol. The summed E-state index contributed by atoms with van der Waals surface area (Å²) in [5.41, 5.74) is 2.60. The van der Waals surface area contributed by atoms with Crippen molar-refractivity contribution in [2.45, 2.75) is 12.8 Å². The maximum absolute atomic E-state index is 12.4. The minimum Gasteiger partial charge on any atom is -0.481 e. The highest BCUT2D eigenvalue weighted by Gasteiger charge is 2.25. The zero-order chi connectivity index (χ0) is 13.2. The summed E-state index contributed by atoms with van der Waals surface area (Å²) in [6.07, 6.45) is -3.26. The number of nitrogens with zero attached hydrogens (tertiary/aromatic N) is 2. The lowest BCUT2D eigenvalue weighted by Gasteiger charge is -2.08. The van der Waals surface area contributed by atoms with Crippen molar-refractivity contribution >= 4 is 17.3 Å². The van der Waals surface area contributed by atoms with Crippen molar-refractivity contribution in [3.8, 4) is 0 Å². The summed E-state index contributed by atoms with van der Waals surface area (Å²) in [5, 5.41) is 19.1. The number of halogens is 2. The number of carboxylic acid groups (broad SMARTS) is 1. The van der Waals surface area contributed by atoms with Gasteiger partial charge in [0.05, 0.1) is 22.6 Å². The predicted molar refractivity (Wildman–Crippen MR) is 51.6 cm³/mol. The molecule has 0 amide bonds. The molecule has 0 unspecified atom stereocenters. The second kappa shape index (κ2) is 4.68. The van der Waals surface area contributed by atoms with E-state index in [2.05, 4.69) is 4.98 Å². The maximum atomic E-state index is 12.4. The van der Waals surface area contributed by atoms with Gasteiger partial charge in [-0.25, -0.2) is 13.8 Å². The number of rotatable bonds is 4. The fourth-order valence-corrected chi connectivity index (χ4v) is 1.24. The molecule has 0 saturated heterocycles. The van der Waals surface area contributed by atoms with Crippen molar-refractivity contribution in [2.24, 2.45) is 0 Å². The molecule has 92 valence electrons. The van der Waals surface area contributed by atoms with Gasteiger partial charge in [-0.3, -0.25) is 14.9 Å². The van der Waals surface area contributed by atoms with Gasteiger partial charge < -0.3 is 10.8 Å². The van der Waals surface area contributed by atoms with E-state index in [4.69, 9.17) is 10.8 Å². The molecule has 17 heavy (non-hydrogen) atoms. The van der Waals surface area contributed by atoms with Gasteiger partial charge in [0.25, 0.3) is 12.1 Å². The van der Waals surface area contributed by atoms with Gasteiger partial charge in [-0.2, -0.15) is 0 Å². The Hall–Kier alpha value is -2.32. The van der Waals surface area contributed by atoms with Crippen LogP contribution in [0.4, 0.5) is 20.2 Å². The molecule has 7 nitrogen and oxygen atoms in total. The number of aromatic nitrogens is 1. The average Bonchev–Trinajstić information content (AvgIpc) is 2.19. The van der Waals surface area contributed by atoms with E-state index < -0.39 is 46.4 Å². The first kappa shape index (κ1) is 12.7. The Morgan fingerprint density at radius 1 is 1.65 bits per heavy atom. The van der Waals surface area contributed by atoms with Crippen LogP contribution in [0.3, 0.4) is 0 Å². The van der Waals surface area contributed by atoms with Crippen LogP contribution in [0.5, 0.6) is 0 Å². The minimum atomic E-state index is -3.02. The van der Waals surface area contributed by atoms with Crippen LogP contribution in [0.15, 0.2) is 6.20 Å². The molecule has 0 aliphatic rings. The molecule has 0 spiro atoms. The van der Waals surface area contributed by atoms with Crippen molar-refractivity contribution in [1.82, 2.24) is 4.98 Å². The topological polar surface area (TPSA) is 119 Å². The second-order valence-electron chi connectivity index (χ2n) is 3.05. The Bertz CT molecular complexity index is 478. The summed E-state index contributed by atoms with van der Waals surface area (Å²) in [6.45, 7) is 0. The third kappa shape index (κ3) is 2.62. The zero-order valence-corrected chi connectivity index (χ0v) is 8.26. The lowest BCUT2D eigenvalue weighted by atomic mass is 10.1. The van der Waals surface area contributed by atoms with Crippen molar-refractivity contribution in [3.63, 3.8) is 0 Å². The first-order chi connectivity index (χ1) is 7.84. The van der Waals surface area contributed by atoms with Crippen LogP contribution in [0.2, 0.25) is 0 Å². The van der Waals surface area contributed by atoms with E-state index in [-0.39, 0.29) is 0 Å². The molecular formula is C8H7F2N3O4. The molecule has 0 aliphatic heterocycles. The number of carbonyl (C=O) groups is 1. The van der Waals surface area contributed by atoms with E-state index in [1.54, 1.807) is 0 Å². The Kier molecular flexibility index (Phi) is 3.51. The molecule has 1 rings (SSSR count). The van der Waals surface area contributed by atoms with E-state index in [0.717, 1.165) is 0 Å². The summed E-state index contributed by atoms with van der Waals surface area (Å²) in [7, 11) is 0. The van der Waals surface area contributed by atoms with Crippen LogP contribution in [-0.4, -0.2) is 21.0 Å². The van der Waals surface area contributed by atoms with E-state index in [0.29, 0.717) is 6.20 Å². The highest BCUT2D eigenvalue weighted by Crippen LogP contribution is 2.31. The van der Waals surface area contributed by atoms with Gasteiger partial charge in [0.2, 0.25) is 0 Å². The third-order valence-corrected chi connectivity index (χ3v) is 1.97. The smallest absolute Gasteiger partial charge is 0.308 e. The number of pyridine rings is 1. The van der Waals surface area contributed by atoms with E-state index in [1.807, 2.05) is 0 Å². The Morgan fingerprint density at radius 3 is 2.65 bits per heavy atom. The SMILES string of the molecule is Nc1c(C(F)F)ncc([N+](=O)[O-])c1CC(=O)O. The fraction of sp³-hybridized carbons (Fsp3) is 0.250. The third-order valence-electron chi connectivity index (χ3n) is 1.97. The second-order valence-corrected chi connectivity index (χ2v) is 3.05. The van der Waals surface area contributed by atoms with E-state index >= 15 is 0 Å². The largest absolute Gasteiger partial charge is 0.481 e. The number of nitrogen functional groups attached to an aromatic ring is 1. The lowest BCUT2D eigenvalue weighted by Crippen LogP contribution is -2.11. The van der Waals surface area contributed by atoms with Crippen LogP contribution >= 0.6 is 0 Å². The molecule has 0 radical (unpaired) electrons. The molecule has 0 aromatic carbocycles. The number of nitro groups is 1. The fourth-order valence-electron chi connectivity index (χ4n) is 1.24. The molecule has 1 aromatic heterocycles. The summed E-state index contributed by atoms with van der Waals surface area (Å²) < 4.78 is 24.8. The Labute approximate surface area is 93.0 Å². The molecule has 0 aliphatic carbocycles. The van der Waals surface area contributed by atoms with E-state index in [1.165, 1.54) is 0 Å². The van der Waals surface area contributed by atoms with E-state index in [9.17, 15) is 23.7 Å². The summed E-state index contributed by atoms with van der Waals surface area (Å²) in [4.78, 5) is 23.3. The van der Waals surface area contributed by atoms with Crippen molar-refractivity contribution in [2.75, 3.05) is 5.73 Å². The van der Waals surface area contributed by atoms with Gasteiger partial charge in [-0.1, -0.05) is 0 Å². The Balaban J connectivity index is 3.41. The molecule has 1 heterocycles. The number of alkyl halides is 2. The van der Waals surface area contributed by atoms with Crippen molar-refractivity contribution < 1.29 is 23.6 Å². The van der Waals surface area contributed by atoms with Crippen LogP contribution in [0.25, 0.3) is 0 Å². The molecule has 1 aromatic rings. The molecule has 0 atom stereocenters. The summed E-state index contributed by atoms with van der Waals surface area (Å²) >= 11 is 0. The molecule has 0 fully saturated rings. The van der Waals surface area contributed by atoms with Crippen molar-refractivity contribution in [3.05, 3.63) is 27.6 Å². The number of hydrogen-bond donors (Lipinski definition) is 2. The quantitative estimate of drug-likeness (QED) is 0.608. The van der Waals surface area contributed by atoms with Crippen LogP contribution in [0.1, 0.15) is 17.7 Å². The normalized spacial score (nSPS) is 10.5.